The first-order chi connectivity index (χ1) is 9.83. The Morgan fingerprint density at radius 1 is 1.29 bits per heavy atom. The van der Waals surface area contributed by atoms with Crippen molar-refractivity contribution in [2.45, 2.75) is 23.0 Å². The molecule has 1 aliphatic heterocycles. The van der Waals surface area contributed by atoms with Gasteiger partial charge in [0.25, 0.3) is 0 Å². The van der Waals surface area contributed by atoms with Gasteiger partial charge >= 0.3 is 6.09 Å². The van der Waals surface area contributed by atoms with Crippen molar-refractivity contribution in [3.8, 4) is 0 Å². The van der Waals surface area contributed by atoms with Crippen LogP contribution in [0.1, 0.15) is 12.8 Å². The second kappa shape index (κ2) is 6.57. The lowest BCUT2D eigenvalue weighted by atomic mass is 10.1. The molecule has 0 unspecified atom stereocenters. The number of hydrogen-bond donors (Lipinski definition) is 2. The van der Waals surface area contributed by atoms with Crippen LogP contribution in [0.2, 0.25) is 0 Å². The van der Waals surface area contributed by atoms with E-state index in [1.165, 1.54) is 4.90 Å². The smallest absolute Gasteiger partial charge is 0.407 e. The summed E-state index contributed by atoms with van der Waals surface area (Å²) in [5.41, 5.74) is 0.544. The molecule has 1 saturated heterocycles. The van der Waals surface area contributed by atoms with Crippen molar-refractivity contribution in [3.63, 3.8) is 0 Å². The maximum absolute atomic E-state index is 11.1. The van der Waals surface area contributed by atoms with Gasteiger partial charge in [-0.2, -0.15) is 0 Å². The minimum absolute atomic E-state index is 0.398. The van der Waals surface area contributed by atoms with Crippen LogP contribution >= 0.6 is 11.8 Å². The van der Waals surface area contributed by atoms with Crippen molar-refractivity contribution < 1.29 is 18.3 Å². The Bertz CT molecular complexity index is 593. The first kappa shape index (κ1) is 16.0. The quantitative estimate of drug-likeness (QED) is 0.884. The van der Waals surface area contributed by atoms with Crippen LogP contribution in [0.5, 0.6) is 0 Å². The van der Waals surface area contributed by atoms with E-state index in [9.17, 15) is 13.2 Å². The highest BCUT2D eigenvalue weighted by Gasteiger charge is 2.22. The van der Waals surface area contributed by atoms with Gasteiger partial charge in [0, 0.05) is 28.9 Å². The van der Waals surface area contributed by atoms with E-state index in [1.54, 1.807) is 23.9 Å². The number of carboxylic acid groups (broad SMARTS) is 1. The molecule has 116 valence electrons. The molecule has 2 rings (SSSR count). The summed E-state index contributed by atoms with van der Waals surface area (Å²) in [4.78, 5) is 13.3. The van der Waals surface area contributed by atoms with Gasteiger partial charge in [0.2, 0.25) is 10.0 Å². The van der Waals surface area contributed by atoms with E-state index < -0.39 is 16.1 Å². The summed E-state index contributed by atoms with van der Waals surface area (Å²) in [7, 11) is -3.25. The Morgan fingerprint density at radius 3 is 2.33 bits per heavy atom. The lowest BCUT2D eigenvalue weighted by Gasteiger charge is -2.29. The Balaban J connectivity index is 1.88. The number of nitrogens with zero attached hydrogens (tertiary/aromatic N) is 1. The van der Waals surface area contributed by atoms with E-state index in [-0.39, 0.29) is 0 Å². The summed E-state index contributed by atoms with van der Waals surface area (Å²) in [6.07, 6.45) is 1.93. The molecule has 1 aromatic carbocycles. The molecule has 0 atom stereocenters. The summed E-state index contributed by atoms with van der Waals surface area (Å²) in [6.45, 7) is 1.14. The fourth-order valence-electron chi connectivity index (χ4n) is 2.17. The molecule has 1 heterocycles. The second-order valence-electron chi connectivity index (χ2n) is 4.99. The summed E-state index contributed by atoms with van der Waals surface area (Å²) in [5.74, 6) is 0. The normalized spacial score (nSPS) is 16.7. The van der Waals surface area contributed by atoms with Crippen LogP contribution in [-0.4, -0.2) is 49.1 Å². The number of carbonyl (C=O) groups is 1. The molecule has 0 spiro atoms. The van der Waals surface area contributed by atoms with Gasteiger partial charge in [-0.1, -0.05) is 0 Å². The molecule has 0 aromatic heterocycles. The van der Waals surface area contributed by atoms with E-state index in [4.69, 9.17) is 5.11 Å². The molecular weight excluding hydrogens is 312 g/mol. The number of sulfonamides is 1. The number of thioether (sulfide) groups is 1. The lowest BCUT2D eigenvalue weighted by Crippen LogP contribution is -2.38. The second-order valence-corrected chi connectivity index (χ2v) is 8.11. The monoisotopic (exact) mass is 330 g/mol. The largest absolute Gasteiger partial charge is 0.465 e. The maximum Gasteiger partial charge on any atom is 0.407 e. The predicted molar refractivity (Wildman–Crippen MR) is 83.4 cm³/mol. The molecule has 1 amide bonds. The number of likely N-dealkylation sites (tertiary alicyclic amines) is 1. The summed E-state index contributed by atoms with van der Waals surface area (Å²) in [5, 5.41) is 9.30. The fourth-order valence-corrected chi connectivity index (χ4v) is 3.86. The SMILES string of the molecule is CS(=O)(=O)Nc1ccc(SC2CCN(C(=O)O)CC2)cc1. The van der Waals surface area contributed by atoms with Crippen molar-refractivity contribution in [2.24, 2.45) is 0 Å². The molecule has 0 saturated carbocycles. The molecule has 2 N–H and O–H groups in total. The van der Waals surface area contributed by atoms with Crippen LogP contribution in [-0.2, 0) is 10.0 Å². The minimum atomic E-state index is -3.25. The molecule has 21 heavy (non-hydrogen) atoms. The van der Waals surface area contributed by atoms with E-state index in [2.05, 4.69) is 4.72 Å². The number of piperidine rings is 1. The highest BCUT2D eigenvalue weighted by atomic mass is 32.2. The van der Waals surface area contributed by atoms with Crippen LogP contribution in [0.4, 0.5) is 10.5 Å². The third kappa shape index (κ3) is 5.13. The zero-order valence-corrected chi connectivity index (χ0v) is 13.3. The van der Waals surface area contributed by atoms with Gasteiger partial charge in [-0.3, -0.25) is 4.72 Å². The third-order valence-electron chi connectivity index (χ3n) is 3.17. The van der Waals surface area contributed by atoms with E-state index in [1.807, 2.05) is 12.1 Å². The zero-order valence-electron chi connectivity index (χ0n) is 11.7. The first-order valence-electron chi connectivity index (χ1n) is 6.56. The molecule has 8 heteroatoms. The summed E-state index contributed by atoms with van der Waals surface area (Å²) < 4.78 is 24.7. The molecule has 0 radical (unpaired) electrons. The van der Waals surface area contributed by atoms with Crippen LogP contribution in [0.3, 0.4) is 0 Å². The Hall–Kier alpha value is -1.41. The van der Waals surface area contributed by atoms with Crippen molar-refractivity contribution in [2.75, 3.05) is 24.1 Å². The van der Waals surface area contributed by atoms with Gasteiger partial charge in [-0.25, -0.2) is 13.2 Å². The number of rotatable bonds is 4. The molecule has 0 bridgehead atoms. The zero-order chi connectivity index (χ0) is 15.5. The van der Waals surface area contributed by atoms with Gasteiger partial charge in [0.05, 0.1) is 6.26 Å². The fraction of sp³-hybridized carbons (Fsp3) is 0.462. The minimum Gasteiger partial charge on any atom is -0.465 e. The van der Waals surface area contributed by atoms with E-state index >= 15 is 0 Å². The number of nitrogens with one attached hydrogen (secondary N) is 1. The van der Waals surface area contributed by atoms with Crippen molar-refractivity contribution in [1.82, 2.24) is 4.90 Å². The van der Waals surface area contributed by atoms with Crippen molar-refractivity contribution in [3.05, 3.63) is 24.3 Å². The number of anilines is 1. The predicted octanol–water partition coefficient (Wildman–Crippen LogP) is 2.29. The number of benzene rings is 1. The summed E-state index contributed by atoms with van der Waals surface area (Å²) >= 11 is 1.71. The van der Waals surface area contributed by atoms with Crippen LogP contribution in [0.25, 0.3) is 0 Å². The highest BCUT2D eigenvalue weighted by Crippen LogP contribution is 2.31. The molecule has 6 nitrogen and oxygen atoms in total. The van der Waals surface area contributed by atoms with Crippen LogP contribution in [0.15, 0.2) is 29.2 Å². The molecular formula is C13H18N2O4S2. The number of amides is 1. The van der Waals surface area contributed by atoms with E-state index in [0.717, 1.165) is 24.0 Å². The Kier molecular flexibility index (Phi) is 5.00. The molecule has 1 fully saturated rings. The molecule has 1 aliphatic rings. The average Bonchev–Trinajstić information content (AvgIpc) is 2.40. The summed E-state index contributed by atoms with van der Waals surface area (Å²) in [6, 6.07) is 7.22. The lowest BCUT2D eigenvalue weighted by molar-refractivity contribution is 0.136. The van der Waals surface area contributed by atoms with Gasteiger partial charge < -0.3 is 10.0 Å². The van der Waals surface area contributed by atoms with Gasteiger partial charge in [0.15, 0.2) is 0 Å². The standard InChI is InChI=1S/C13H18N2O4S2/c1-21(18,19)14-10-2-4-11(5-3-10)20-12-6-8-15(9-7-12)13(16)17/h2-5,12,14H,6-9H2,1H3,(H,16,17). The third-order valence-corrected chi connectivity index (χ3v) is 5.13. The van der Waals surface area contributed by atoms with Crippen molar-refractivity contribution in [1.29, 1.82) is 0 Å². The number of hydrogen-bond acceptors (Lipinski definition) is 4. The first-order valence-corrected chi connectivity index (χ1v) is 9.33. The van der Waals surface area contributed by atoms with Gasteiger partial charge in [-0.05, 0) is 37.1 Å². The van der Waals surface area contributed by atoms with E-state index in [0.29, 0.717) is 24.0 Å². The highest BCUT2D eigenvalue weighted by molar-refractivity contribution is 8.00. The maximum atomic E-state index is 11.1. The van der Waals surface area contributed by atoms with Crippen LogP contribution in [0, 0.1) is 0 Å². The molecule has 1 aromatic rings. The van der Waals surface area contributed by atoms with Crippen molar-refractivity contribution >= 4 is 33.6 Å². The Morgan fingerprint density at radius 2 is 1.86 bits per heavy atom. The van der Waals surface area contributed by atoms with Gasteiger partial charge in [-0.15, -0.1) is 11.8 Å². The van der Waals surface area contributed by atoms with Crippen LogP contribution < -0.4 is 4.72 Å². The Labute approximate surface area is 128 Å². The van der Waals surface area contributed by atoms with Gasteiger partial charge in [0.1, 0.15) is 0 Å². The average molecular weight is 330 g/mol. The molecule has 0 aliphatic carbocycles. The topological polar surface area (TPSA) is 86.7 Å².